The van der Waals surface area contributed by atoms with Gasteiger partial charge in [-0.15, -0.1) is 0 Å². The van der Waals surface area contributed by atoms with Gasteiger partial charge in [-0.05, 0) is 46.2 Å². The minimum atomic E-state index is -0.830. The molecule has 138 valence electrons. The van der Waals surface area contributed by atoms with Gasteiger partial charge in [0.05, 0.1) is 12.2 Å². The van der Waals surface area contributed by atoms with E-state index in [-0.39, 0.29) is 29.4 Å². The van der Waals surface area contributed by atoms with E-state index in [1.54, 1.807) is 0 Å². The molecule has 26 heavy (non-hydrogen) atoms. The summed E-state index contributed by atoms with van der Waals surface area (Å²) in [6.45, 7) is 3.34. The highest BCUT2D eigenvalue weighted by molar-refractivity contribution is 9.10. The molecule has 0 aliphatic carbocycles. The van der Waals surface area contributed by atoms with Gasteiger partial charge in [0, 0.05) is 17.1 Å². The van der Waals surface area contributed by atoms with Crippen LogP contribution >= 0.6 is 15.9 Å². The van der Waals surface area contributed by atoms with E-state index in [4.69, 9.17) is 9.47 Å². The Morgan fingerprint density at radius 1 is 1.23 bits per heavy atom. The molecule has 5 nitrogen and oxygen atoms in total. The normalized spacial score (nSPS) is 12.5. The molecule has 1 amide bonds. The number of ether oxygens (including phenoxy) is 2. The lowest BCUT2D eigenvalue weighted by molar-refractivity contribution is -0.117. The van der Waals surface area contributed by atoms with Crippen molar-refractivity contribution >= 4 is 27.5 Å². The minimum absolute atomic E-state index is 0.0637. The van der Waals surface area contributed by atoms with Gasteiger partial charge in [0.15, 0.2) is 17.3 Å². The molecule has 0 atom stereocenters. The largest absolute Gasteiger partial charge is 0.454 e. The molecule has 1 heterocycles. The number of hydrogen-bond acceptors (Lipinski definition) is 4. The smallest absolute Gasteiger partial charge is 0.238 e. The van der Waals surface area contributed by atoms with Gasteiger partial charge in [0.25, 0.3) is 0 Å². The van der Waals surface area contributed by atoms with Gasteiger partial charge in [-0.25, -0.2) is 8.78 Å². The molecule has 0 aromatic heterocycles. The van der Waals surface area contributed by atoms with Gasteiger partial charge in [-0.3, -0.25) is 9.69 Å². The number of anilines is 1. The van der Waals surface area contributed by atoms with Crippen molar-refractivity contribution in [3.05, 3.63) is 52.0 Å². The van der Waals surface area contributed by atoms with Crippen molar-refractivity contribution in [2.24, 2.45) is 0 Å². The van der Waals surface area contributed by atoms with Gasteiger partial charge >= 0.3 is 0 Å². The third kappa shape index (κ3) is 4.31. The second-order valence-electron chi connectivity index (χ2n) is 5.78. The van der Waals surface area contributed by atoms with Gasteiger partial charge < -0.3 is 14.8 Å². The summed E-state index contributed by atoms with van der Waals surface area (Å²) < 4.78 is 37.8. The number of nitrogens with one attached hydrogen (secondary N) is 1. The van der Waals surface area contributed by atoms with Crippen LogP contribution in [-0.4, -0.2) is 30.7 Å². The number of carbonyl (C=O) groups excluding carboxylic acids is 1. The Morgan fingerprint density at radius 2 is 2.00 bits per heavy atom. The Balaban J connectivity index is 1.64. The second kappa shape index (κ2) is 8.01. The fraction of sp³-hybridized carbons (Fsp3) is 0.278. The molecule has 0 bridgehead atoms. The summed E-state index contributed by atoms with van der Waals surface area (Å²) in [5.41, 5.74) is 0.897. The number of nitrogens with zero attached hydrogens (tertiary/aromatic N) is 1. The van der Waals surface area contributed by atoms with Crippen LogP contribution in [0.2, 0.25) is 0 Å². The molecule has 2 aromatic carbocycles. The number of carbonyl (C=O) groups is 1. The van der Waals surface area contributed by atoms with Crippen LogP contribution in [0.25, 0.3) is 0 Å². The van der Waals surface area contributed by atoms with Crippen LogP contribution < -0.4 is 14.8 Å². The standard InChI is InChI=1S/C18H17BrF2N2O3/c1-2-23(8-11-3-4-15-16(5-11)26-10-25-15)9-17(24)22-18-13(19)6-12(20)7-14(18)21/h3-7H,2,8-10H2,1H3,(H,22,24). The van der Waals surface area contributed by atoms with E-state index in [2.05, 4.69) is 21.2 Å². The maximum atomic E-state index is 13.8. The van der Waals surface area contributed by atoms with E-state index >= 15 is 0 Å². The van der Waals surface area contributed by atoms with Gasteiger partial charge in [-0.1, -0.05) is 13.0 Å². The van der Waals surface area contributed by atoms with Crippen LogP contribution in [0.15, 0.2) is 34.8 Å². The molecule has 0 saturated carbocycles. The highest BCUT2D eigenvalue weighted by atomic mass is 79.9. The molecule has 8 heteroatoms. The quantitative estimate of drug-likeness (QED) is 0.760. The number of rotatable bonds is 6. The highest BCUT2D eigenvalue weighted by Gasteiger charge is 2.17. The predicted octanol–water partition coefficient (Wildman–Crippen LogP) is 3.92. The minimum Gasteiger partial charge on any atom is -0.454 e. The first kappa shape index (κ1) is 18.6. The van der Waals surface area contributed by atoms with E-state index in [1.165, 1.54) is 0 Å². The zero-order chi connectivity index (χ0) is 18.7. The summed E-state index contributed by atoms with van der Waals surface area (Å²) in [5, 5.41) is 2.48. The van der Waals surface area contributed by atoms with Crippen molar-refractivity contribution in [2.75, 3.05) is 25.2 Å². The van der Waals surface area contributed by atoms with Crippen LogP contribution in [0, 0.1) is 11.6 Å². The van der Waals surface area contributed by atoms with E-state index in [9.17, 15) is 13.6 Å². The lowest BCUT2D eigenvalue weighted by Crippen LogP contribution is -2.33. The maximum absolute atomic E-state index is 13.8. The molecule has 0 unspecified atom stereocenters. The third-order valence-electron chi connectivity index (χ3n) is 3.93. The van der Waals surface area contributed by atoms with Crippen LogP contribution in [-0.2, 0) is 11.3 Å². The van der Waals surface area contributed by atoms with E-state index < -0.39 is 11.6 Å². The van der Waals surface area contributed by atoms with Crippen LogP contribution in [0.5, 0.6) is 11.5 Å². The molecule has 0 radical (unpaired) electrons. The monoisotopic (exact) mass is 426 g/mol. The fourth-order valence-corrected chi connectivity index (χ4v) is 3.13. The Labute approximate surface area is 158 Å². The molecule has 3 rings (SSSR count). The third-order valence-corrected chi connectivity index (χ3v) is 4.55. The number of benzene rings is 2. The van der Waals surface area contributed by atoms with E-state index in [1.807, 2.05) is 30.0 Å². The zero-order valence-corrected chi connectivity index (χ0v) is 15.6. The Kier molecular flexibility index (Phi) is 5.73. The average molecular weight is 427 g/mol. The maximum Gasteiger partial charge on any atom is 0.238 e. The van der Waals surface area contributed by atoms with Crippen molar-refractivity contribution in [1.82, 2.24) is 4.90 Å². The lowest BCUT2D eigenvalue weighted by atomic mass is 10.2. The summed E-state index contributed by atoms with van der Waals surface area (Å²) in [4.78, 5) is 14.2. The van der Waals surface area contributed by atoms with Crippen LogP contribution in [0.4, 0.5) is 14.5 Å². The average Bonchev–Trinajstić information content (AvgIpc) is 3.05. The van der Waals surface area contributed by atoms with Crippen molar-refractivity contribution in [2.45, 2.75) is 13.5 Å². The summed E-state index contributed by atoms with van der Waals surface area (Å²) in [6.07, 6.45) is 0. The van der Waals surface area contributed by atoms with Crippen LogP contribution in [0.3, 0.4) is 0 Å². The molecule has 0 saturated heterocycles. The SMILES string of the molecule is CCN(CC(=O)Nc1c(F)cc(F)cc1Br)Cc1ccc2c(c1)OCO2. The lowest BCUT2D eigenvalue weighted by Gasteiger charge is -2.20. The molecule has 1 aliphatic rings. The molecule has 2 aromatic rings. The van der Waals surface area contributed by atoms with Crippen LogP contribution in [0.1, 0.15) is 12.5 Å². The number of hydrogen-bond donors (Lipinski definition) is 1. The van der Waals surface area contributed by atoms with Crippen molar-refractivity contribution in [3.63, 3.8) is 0 Å². The first-order chi connectivity index (χ1) is 12.5. The number of halogens is 3. The van der Waals surface area contributed by atoms with Crippen molar-refractivity contribution in [1.29, 1.82) is 0 Å². The topological polar surface area (TPSA) is 50.8 Å². The Hall–Kier alpha value is -2.19. The molecule has 0 fully saturated rings. The Bertz CT molecular complexity index is 809. The predicted molar refractivity (Wildman–Crippen MR) is 96.2 cm³/mol. The second-order valence-corrected chi connectivity index (χ2v) is 6.64. The van der Waals surface area contributed by atoms with E-state index in [0.29, 0.717) is 24.6 Å². The molecular formula is C18H17BrF2N2O3. The molecular weight excluding hydrogens is 410 g/mol. The molecule has 1 aliphatic heterocycles. The summed E-state index contributed by atoms with van der Waals surface area (Å²) in [5.74, 6) is -0.556. The van der Waals surface area contributed by atoms with E-state index in [0.717, 1.165) is 17.7 Å². The highest BCUT2D eigenvalue weighted by Crippen LogP contribution is 2.33. The number of fused-ring (bicyclic) bond motifs is 1. The first-order valence-corrected chi connectivity index (χ1v) is 8.81. The summed E-state index contributed by atoms with van der Waals surface area (Å²) in [6, 6.07) is 7.44. The summed E-state index contributed by atoms with van der Waals surface area (Å²) >= 11 is 3.06. The Morgan fingerprint density at radius 3 is 2.73 bits per heavy atom. The number of likely N-dealkylation sites (N-methyl/N-ethyl adjacent to an activating group) is 1. The van der Waals surface area contributed by atoms with Crippen molar-refractivity contribution < 1.29 is 23.0 Å². The van der Waals surface area contributed by atoms with Gasteiger partial charge in [0.2, 0.25) is 12.7 Å². The summed E-state index contributed by atoms with van der Waals surface area (Å²) in [7, 11) is 0. The fourth-order valence-electron chi connectivity index (χ4n) is 2.62. The van der Waals surface area contributed by atoms with Crippen molar-refractivity contribution in [3.8, 4) is 11.5 Å². The zero-order valence-electron chi connectivity index (χ0n) is 14.0. The first-order valence-electron chi connectivity index (χ1n) is 8.01. The number of amides is 1. The van der Waals surface area contributed by atoms with Gasteiger partial charge in [-0.2, -0.15) is 0 Å². The van der Waals surface area contributed by atoms with Gasteiger partial charge in [0.1, 0.15) is 5.82 Å². The molecule has 1 N–H and O–H groups in total. The molecule has 0 spiro atoms.